The molecule has 0 radical (unpaired) electrons. The molecule has 0 N–H and O–H groups in total. The number of ether oxygens (including phenoxy) is 1. The average molecular weight is 429 g/mol. The third-order valence-electron chi connectivity index (χ3n) is 5.36. The lowest BCUT2D eigenvalue weighted by molar-refractivity contribution is 0.306. The van der Waals surface area contributed by atoms with E-state index in [4.69, 9.17) is 15.0 Å². The predicted molar refractivity (Wildman–Crippen MR) is 123 cm³/mol. The molecule has 0 saturated heterocycles. The van der Waals surface area contributed by atoms with Crippen LogP contribution in [0.15, 0.2) is 70.6 Å². The lowest BCUT2D eigenvalue weighted by Gasteiger charge is -2.14. The van der Waals surface area contributed by atoms with E-state index in [0.717, 1.165) is 40.8 Å². The smallest absolute Gasteiger partial charge is 0.171 e. The summed E-state index contributed by atoms with van der Waals surface area (Å²) >= 11 is 0. The first-order valence-electron chi connectivity index (χ1n) is 10.4. The van der Waals surface area contributed by atoms with Gasteiger partial charge in [0.1, 0.15) is 12.4 Å². The van der Waals surface area contributed by atoms with Gasteiger partial charge in [0.05, 0.1) is 10.3 Å². The minimum atomic E-state index is -1.62. The Balaban J connectivity index is 1.61. The van der Waals surface area contributed by atoms with E-state index < -0.39 is 10.8 Å². The quantitative estimate of drug-likeness (QED) is 0.545. The third-order valence-corrected chi connectivity index (χ3v) is 6.23. The highest BCUT2D eigenvalue weighted by atomic mass is 32.2. The highest BCUT2D eigenvalue weighted by Gasteiger charge is 2.10. The molecule has 156 valence electrons. The fourth-order valence-electron chi connectivity index (χ4n) is 3.64. The summed E-state index contributed by atoms with van der Waals surface area (Å²) in [5.41, 5.74) is 4.50. The molecular weight excluding hydrogens is 404 g/mol. The second kappa shape index (κ2) is 9.28. The highest BCUT2D eigenvalue weighted by molar-refractivity contribution is 7.89. The van der Waals surface area contributed by atoms with Crippen molar-refractivity contribution in [3.05, 3.63) is 82.4 Å². The lowest BCUT2D eigenvalue weighted by Crippen LogP contribution is -2.31. The first kappa shape index (κ1) is 21.0. The van der Waals surface area contributed by atoms with Gasteiger partial charge in [0, 0.05) is 12.1 Å². The molecule has 1 aliphatic rings. The van der Waals surface area contributed by atoms with Gasteiger partial charge in [0.15, 0.2) is 16.2 Å². The first-order valence-corrected chi connectivity index (χ1v) is 11.5. The van der Waals surface area contributed by atoms with Crippen LogP contribution < -0.4 is 15.3 Å². The fraction of sp³-hybridized carbons (Fsp3) is 0.231. The molecule has 0 aliphatic carbocycles. The van der Waals surface area contributed by atoms with Crippen molar-refractivity contribution in [2.75, 3.05) is 6.54 Å². The lowest BCUT2D eigenvalue weighted by atomic mass is 9.94. The monoisotopic (exact) mass is 428 g/mol. The van der Waals surface area contributed by atoms with Crippen LogP contribution in [0, 0.1) is 10.7 Å². The van der Waals surface area contributed by atoms with Gasteiger partial charge >= 0.3 is 0 Å². The number of nitrogens with zero attached hydrogens (tertiary/aromatic N) is 2. The van der Waals surface area contributed by atoms with E-state index >= 15 is 0 Å². The van der Waals surface area contributed by atoms with Crippen LogP contribution in [0.25, 0.3) is 17.2 Å². The molecule has 31 heavy (non-hydrogen) atoms. The van der Waals surface area contributed by atoms with Crippen molar-refractivity contribution in [2.24, 2.45) is 4.99 Å². The van der Waals surface area contributed by atoms with Gasteiger partial charge in [0.2, 0.25) is 0 Å². The molecule has 0 amide bonds. The zero-order chi connectivity index (χ0) is 21.8. The Labute approximate surface area is 185 Å². The Bertz CT molecular complexity index is 1290. The van der Waals surface area contributed by atoms with Crippen molar-refractivity contribution in [2.45, 2.75) is 37.7 Å². The summed E-state index contributed by atoms with van der Waals surface area (Å²) in [6, 6.07) is 19.7. The normalized spacial score (nSPS) is 13.5. The van der Waals surface area contributed by atoms with Crippen LogP contribution in [0.4, 0.5) is 0 Å². The van der Waals surface area contributed by atoms with Crippen LogP contribution in [0.3, 0.4) is 0 Å². The van der Waals surface area contributed by atoms with Gasteiger partial charge in [-0.25, -0.2) is 4.21 Å². The van der Waals surface area contributed by atoms with Crippen LogP contribution in [0.1, 0.15) is 37.3 Å². The topological polar surface area (TPSA) is 62.5 Å². The standard InChI is InChI=1S/C26H24N2O2S/c1-18(2)22-13-21-6-4-12-28-26(21)25(15-22)20-5-3-7-23(14-20)30-16-19-8-10-24(11-9-19)31(29)17-27/h3,5-11,13-15,18H,4,12,16H2,1-2H3. The van der Waals surface area contributed by atoms with Gasteiger partial charge in [0.25, 0.3) is 0 Å². The molecule has 3 aromatic rings. The largest absolute Gasteiger partial charge is 0.489 e. The van der Waals surface area contributed by atoms with Crippen LogP contribution in [-0.2, 0) is 17.4 Å². The number of thiocyanates is 1. The zero-order valence-corrected chi connectivity index (χ0v) is 18.5. The van der Waals surface area contributed by atoms with Crippen molar-refractivity contribution in [3.8, 4) is 22.3 Å². The van der Waals surface area contributed by atoms with Gasteiger partial charge in [-0.3, -0.25) is 4.99 Å². The molecule has 4 nitrogen and oxygen atoms in total. The molecule has 1 heterocycles. The summed E-state index contributed by atoms with van der Waals surface area (Å²) in [6.45, 7) is 5.64. The van der Waals surface area contributed by atoms with Crippen molar-refractivity contribution < 1.29 is 8.95 Å². The molecule has 1 aliphatic heterocycles. The average Bonchev–Trinajstić information content (AvgIpc) is 2.82. The minimum Gasteiger partial charge on any atom is -0.489 e. The Morgan fingerprint density at radius 3 is 2.68 bits per heavy atom. The van der Waals surface area contributed by atoms with E-state index in [1.165, 1.54) is 10.8 Å². The van der Waals surface area contributed by atoms with Crippen LogP contribution in [0.5, 0.6) is 5.75 Å². The fourth-order valence-corrected chi connectivity index (χ4v) is 4.13. The molecule has 5 heteroatoms. The molecule has 1 atom stereocenters. The van der Waals surface area contributed by atoms with E-state index in [2.05, 4.69) is 44.2 Å². The Kier molecular flexibility index (Phi) is 6.29. The number of hydrogen-bond acceptors (Lipinski definition) is 4. The molecular formula is C26H24N2O2S. The SMILES string of the molecule is CC(C)c1cc(-c2cccc(OCc3ccc(S(=O)C#N)cc3)c2)c2c(c1)=CCCN=2. The molecule has 1 unspecified atom stereocenters. The van der Waals surface area contributed by atoms with Crippen molar-refractivity contribution in [1.82, 2.24) is 0 Å². The van der Waals surface area contributed by atoms with E-state index in [0.29, 0.717) is 17.4 Å². The summed E-state index contributed by atoms with van der Waals surface area (Å²) in [5.74, 6) is 1.22. The molecule has 0 spiro atoms. The highest BCUT2D eigenvalue weighted by Crippen LogP contribution is 2.25. The van der Waals surface area contributed by atoms with Crippen molar-refractivity contribution in [1.29, 1.82) is 5.26 Å². The van der Waals surface area contributed by atoms with Crippen molar-refractivity contribution in [3.63, 3.8) is 0 Å². The van der Waals surface area contributed by atoms with Crippen LogP contribution >= 0.6 is 0 Å². The summed E-state index contributed by atoms with van der Waals surface area (Å²) in [7, 11) is -1.62. The van der Waals surface area contributed by atoms with Crippen molar-refractivity contribution >= 4 is 16.9 Å². The molecule has 0 aromatic heterocycles. The number of nitriles is 1. The Morgan fingerprint density at radius 1 is 1.13 bits per heavy atom. The summed E-state index contributed by atoms with van der Waals surface area (Å²) in [4.78, 5) is 5.31. The molecule has 4 rings (SSSR count). The van der Waals surface area contributed by atoms with Gasteiger partial charge in [-0.1, -0.05) is 44.2 Å². The summed E-state index contributed by atoms with van der Waals surface area (Å²) in [5, 5.41) is 12.8. The number of rotatable bonds is 6. The predicted octanol–water partition coefficient (Wildman–Crippen LogP) is 4.45. The number of benzene rings is 3. The van der Waals surface area contributed by atoms with Gasteiger partial charge in [-0.05, 0) is 70.6 Å². The molecule has 0 fully saturated rings. The van der Waals surface area contributed by atoms with E-state index in [1.807, 2.05) is 24.3 Å². The van der Waals surface area contributed by atoms with Crippen LogP contribution in [0.2, 0.25) is 0 Å². The third kappa shape index (κ3) is 4.76. The first-order chi connectivity index (χ1) is 15.0. The van der Waals surface area contributed by atoms with Gasteiger partial charge in [-0.2, -0.15) is 5.26 Å². The minimum absolute atomic E-state index is 0.394. The van der Waals surface area contributed by atoms with Gasteiger partial charge < -0.3 is 4.74 Å². The van der Waals surface area contributed by atoms with Crippen LogP contribution in [-0.4, -0.2) is 10.8 Å². The summed E-state index contributed by atoms with van der Waals surface area (Å²) < 4.78 is 17.6. The molecule has 0 saturated carbocycles. The maximum Gasteiger partial charge on any atom is 0.171 e. The Hall–Kier alpha value is -3.23. The maximum absolute atomic E-state index is 11.6. The van der Waals surface area contributed by atoms with E-state index in [-0.39, 0.29) is 0 Å². The molecule has 0 bridgehead atoms. The van der Waals surface area contributed by atoms with E-state index in [9.17, 15) is 4.21 Å². The number of fused-ring (bicyclic) bond motifs is 1. The zero-order valence-electron chi connectivity index (χ0n) is 17.7. The number of hydrogen-bond donors (Lipinski definition) is 0. The second-order valence-corrected chi connectivity index (χ2v) is 9.05. The van der Waals surface area contributed by atoms with Gasteiger partial charge in [-0.15, -0.1) is 0 Å². The van der Waals surface area contributed by atoms with E-state index in [1.54, 1.807) is 17.5 Å². The summed E-state index contributed by atoms with van der Waals surface area (Å²) in [6.07, 6.45) is 3.26. The maximum atomic E-state index is 11.6. The Morgan fingerprint density at radius 2 is 1.94 bits per heavy atom. The molecule has 3 aromatic carbocycles. The second-order valence-electron chi connectivity index (χ2n) is 7.86.